The van der Waals surface area contributed by atoms with Gasteiger partial charge in [0.2, 0.25) is 0 Å². The Kier molecular flexibility index (Phi) is 4.79. The summed E-state index contributed by atoms with van der Waals surface area (Å²) in [6.45, 7) is 7.30. The van der Waals surface area contributed by atoms with Gasteiger partial charge in [-0.15, -0.1) is 0 Å². The minimum atomic E-state index is -0.489. The molecule has 0 radical (unpaired) electrons. The first-order valence-electron chi connectivity index (χ1n) is 5.93. The monoisotopic (exact) mass is 245 g/mol. The maximum atomic E-state index is 11.5. The van der Waals surface area contributed by atoms with E-state index in [1.165, 1.54) is 0 Å². The Bertz CT molecular complexity index is 449. The molecule has 96 valence electrons. The van der Waals surface area contributed by atoms with Crippen LogP contribution in [0.5, 0.6) is 0 Å². The summed E-state index contributed by atoms with van der Waals surface area (Å²) in [6.07, 6.45) is -0.447. The van der Waals surface area contributed by atoms with Crippen LogP contribution in [-0.4, -0.2) is 17.7 Å². The maximum Gasteiger partial charge on any atom is 0.408 e. The molecule has 1 aromatic carbocycles. The van der Waals surface area contributed by atoms with Crippen LogP contribution in [0.1, 0.15) is 33.3 Å². The normalized spacial score (nSPS) is 12.0. The Morgan fingerprint density at radius 3 is 2.44 bits per heavy atom. The van der Waals surface area contributed by atoms with Gasteiger partial charge in [0.05, 0.1) is 6.04 Å². The highest BCUT2D eigenvalue weighted by Gasteiger charge is 2.16. The molecule has 0 fully saturated rings. The number of benzene rings is 1. The lowest BCUT2D eigenvalue weighted by Crippen LogP contribution is -2.37. The first-order valence-corrected chi connectivity index (χ1v) is 5.93. The van der Waals surface area contributed by atoms with Gasteiger partial charge in [0.25, 0.3) is 0 Å². The molecule has 3 nitrogen and oxygen atoms in total. The van der Waals surface area contributed by atoms with Gasteiger partial charge in [-0.05, 0) is 39.8 Å². The van der Waals surface area contributed by atoms with Gasteiger partial charge >= 0.3 is 6.09 Å². The molecule has 0 aliphatic carbocycles. The zero-order chi connectivity index (χ0) is 13.6. The molecule has 1 rings (SSSR count). The lowest BCUT2D eigenvalue weighted by molar-refractivity contribution is 0.0519. The Balaban J connectivity index is 2.50. The quantitative estimate of drug-likeness (QED) is 0.772. The van der Waals surface area contributed by atoms with E-state index < -0.39 is 11.7 Å². The summed E-state index contributed by atoms with van der Waals surface area (Å²) in [5, 5.41) is 2.67. The Labute approximate surface area is 109 Å². The summed E-state index contributed by atoms with van der Waals surface area (Å²) in [4.78, 5) is 11.5. The third kappa shape index (κ3) is 5.95. The largest absolute Gasteiger partial charge is 0.444 e. The zero-order valence-electron chi connectivity index (χ0n) is 11.3. The van der Waals surface area contributed by atoms with E-state index >= 15 is 0 Å². The van der Waals surface area contributed by atoms with Gasteiger partial charge in [0.15, 0.2) is 0 Å². The van der Waals surface area contributed by atoms with Crippen molar-refractivity contribution in [3.05, 3.63) is 35.9 Å². The second-order valence-corrected chi connectivity index (χ2v) is 5.00. The molecule has 0 spiro atoms. The predicted molar refractivity (Wildman–Crippen MR) is 72.2 cm³/mol. The van der Waals surface area contributed by atoms with Gasteiger partial charge in [-0.1, -0.05) is 30.0 Å². The van der Waals surface area contributed by atoms with Gasteiger partial charge < -0.3 is 10.1 Å². The summed E-state index contributed by atoms with van der Waals surface area (Å²) in [5.74, 6) is 5.95. The molecule has 0 aliphatic rings. The number of amides is 1. The summed E-state index contributed by atoms with van der Waals surface area (Å²) in [6, 6.07) is 9.39. The molecule has 0 aromatic heterocycles. The average molecular weight is 245 g/mol. The van der Waals surface area contributed by atoms with Crippen LogP contribution >= 0.6 is 0 Å². The number of ether oxygens (including phenoxy) is 1. The number of alkyl carbamates (subject to hydrolysis) is 1. The molecule has 1 atom stereocenters. The number of nitrogens with one attached hydrogen (secondary N) is 1. The highest BCUT2D eigenvalue weighted by atomic mass is 16.6. The van der Waals surface area contributed by atoms with E-state index in [1.807, 2.05) is 58.0 Å². The predicted octanol–water partition coefficient (Wildman–Crippen LogP) is 2.95. The molecule has 0 unspecified atom stereocenters. The molecule has 1 aromatic rings. The Morgan fingerprint density at radius 1 is 1.28 bits per heavy atom. The van der Waals surface area contributed by atoms with Gasteiger partial charge in [0.1, 0.15) is 5.60 Å². The summed E-state index contributed by atoms with van der Waals surface area (Å²) < 4.78 is 5.14. The molecule has 1 amide bonds. The fourth-order valence-corrected chi connectivity index (χ4v) is 1.23. The second kappa shape index (κ2) is 6.11. The molecule has 0 heterocycles. The Hall–Kier alpha value is -1.95. The fraction of sp³-hybridized carbons (Fsp3) is 0.400. The van der Waals surface area contributed by atoms with E-state index in [0.29, 0.717) is 0 Å². The van der Waals surface area contributed by atoms with E-state index in [-0.39, 0.29) is 6.04 Å². The number of carbonyl (C=O) groups excluding carboxylic acids is 1. The van der Waals surface area contributed by atoms with Crippen molar-refractivity contribution in [2.75, 3.05) is 0 Å². The van der Waals surface area contributed by atoms with Crippen molar-refractivity contribution >= 4 is 6.09 Å². The minimum absolute atomic E-state index is 0.250. The molecule has 3 heteroatoms. The lowest BCUT2D eigenvalue weighted by atomic mass is 10.2. The number of hydrogen-bond donors (Lipinski definition) is 1. The van der Waals surface area contributed by atoms with Gasteiger partial charge in [-0.2, -0.15) is 0 Å². The van der Waals surface area contributed by atoms with Gasteiger partial charge in [-0.3, -0.25) is 0 Å². The van der Waals surface area contributed by atoms with Crippen LogP contribution in [0.25, 0.3) is 0 Å². The number of rotatable bonds is 1. The first-order chi connectivity index (χ1) is 8.37. The summed E-state index contributed by atoms with van der Waals surface area (Å²) in [5.41, 5.74) is 0.437. The lowest BCUT2D eigenvalue weighted by Gasteiger charge is -2.20. The highest BCUT2D eigenvalue weighted by molar-refractivity contribution is 5.68. The van der Waals surface area contributed by atoms with Crippen molar-refractivity contribution in [2.24, 2.45) is 0 Å². The van der Waals surface area contributed by atoms with Crippen LogP contribution < -0.4 is 5.32 Å². The van der Waals surface area contributed by atoms with E-state index in [0.717, 1.165) is 5.56 Å². The molecule has 0 aliphatic heterocycles. The van der Waals surface area contributed by atoms with E-state index in [9.17, 15) is 4.79 Å². The standard InChI is InChI=1S/C15H19NO2/c1-12(16-14(17)18-15(2,3)4)10-11-13-8-6-5-7-9-13/h5-9,12H,1-4H3,(H,16,17)/t12-/m0/s1. The second-order valence-electron chi connectivity index (χ2n) is 5.00. The van der Waals surface area contributed by atoms with Crippen LogP contribution in [0.15, 0.2) is 30.3 Å². The van der Waals surface area contributed by atoms with Crippen molar-refractivity contribution < 1.29 is 9.53 Å². The Morgan fingerprint density at radius 2 is 1.89 bits per heavy atom. The van der Waals surface area contributed by atoms with Crippen molar-refractivity contribution in [1.29, 1.82) is 0 Å². The molecule has 0 bridgehead atoms. The highest BCUT2D eigenvalue weighted by Crippen LogP contribution is 2.06. The van der Waals surface area contributed by atoms with Gasteiger partial charge in [-0.25, -0.2) is 4.79 Å². The average Bonchev–Trinajstić information content (AvgIpc) is 2.25. The molecule has 0 saturated carbocycles. The third-order valence-corrected chi connectivity index (χ3v) is 1.94. The van der Waals surface area contributed by atoms with Crippen molar-refractivity contribution in [3.63, 3.8) is 0 Å². The molecular formula is C15H19NO2. The third-order valence-electron chi connectivity index (χ3n) is 1.94. The first kappa shape index (κ1) is 14.1. The maximum absolute atomic E-state index is 11.5. The van der Waals surface area contributed by atoms with Crippen LogP contribution in [-0.2, 0) is 4.74 Å². The number of carbonyl (C=O) groups is 1. The van der Waals surface area contributed by atoms with Crippen molar-refractivity contribution in [1.82, 2.24) is 5.32 Å². The SMILES string of the molecule is C[C@@H](C#Cc1ccccc1)NC(=O)OC(C)(C)C. The molecule has 18 heavy (non-hydrogen) atoms. The van der Waals surface area contributed by atoms with E-state index in [4.69, 9.17) is 4.74 Å². The van der Waals surface area contributed by atoms with Crippen LogP contribution in [0.2, 0.25) is 0 Å². The number of hydrogen-bond acceptors (Lipinski definition) is 2. The topological polar surface area (TPSA) is 38.3 Å². The molecule has 1 N–H and O–H groups in total. The van der Waals surface area contributed by atoms with Crippen LogP contribution in [0.3, 0.4) is 0 Å². The fourth-order valence-electron chi connectivity index (χ4n) is 1.23. The minimum Gasteiger partial charge on any atom is -0.444 e. The van der Waals surface area contributed by atoms with Crippen LogP contribution in [0.4, 0.5) is 4.79 Å². The molecular weight excluding hydrogens is 226 g/mol. The van der Waals surface area contributed by atoms with Crippen molar-refractivity contribution in [2.45, 2.75) is 39.3 Å². The van der Waals surface area contributed by atoms with Crippen molar-refractivity contribution in [3.8, 4) is 11.8 Å². The van der Waals surface area contributed by atoms with E-state index in [1.54, 1.807) is 0 Å². The van der Waals surface area contributed by atoms with Gasteiger partial charge in [0, 0.05) is 5.56 Å². The smallest absolute Gasteiger partial charge is 0.408 e. The zero-order valence-corrected chi connectivity index (χ0v) is 11.3. The van der Waals surface area contributed by atoms with E-state index in [2.05, 4.69) is 17.2 Å². The molecule has 0 saturated heterocycles. The summed E-state index contributed by atoms with van der Waals surface area (Å²) in [7, 11) is 0. The summed E-state index contributed by atoms with van der Waals surface area (Å²) >= 11 is 0. The van der Waals surface area contributed by atoms with Crippen LogP contribution in [0, 0.1) is 11.8 Å².